The standard InChI is InChI=1S/C26H30N4O3/c1-4-6-24-28-17-20(19-10-12-27-13-11-19)26(29-24)21-7-5-14-30(21)25(31)16-18-8-9-22(32-2)23(15-18)33-3/h8-13,15,17,21H,4-7,14,16H2,1-3H3/t21-/m0/s1. The Labute approximate surface area is 194 Å². The summed E-state index contributed by atoms with van der Waals surface area (Å²) in [4.78, 5) is 29.1. The molecule has 1 aromatic carbocycles. The summed E-state index contributed by atoms with van der Waals surface area (Å²) in [6, 6.07) is 9.48. The molecule has 0 N–H and O–H groups in total. The molecule has 2 aromatic heterocycles. The summed E-state index contributed by atoms with van der Waals surface area (Å²) in [6.07, 6.45) is 9.37. The number of aryl methyl sites for hydroxylation is 1. The number of carbonyl (C=O) groups excluding carboxylic acids is 1. The van der Waals surface area contributed by atoms with Gasteiger partial charge < -0.3 is 14.4 Å². The molecule has 1 fully saturated rings. The van der Waals surface area contributed by atoms with Crippen LogP contribution in [0.15, 0.2) is 48.9 Å². The van der Waals surface area contributed by atoms with Gasteiger partial charge in [-0.2, -0.15) is 0 Å². The Morgan fingerprint density at radius 2 is 1.91 bits per heavy atom. The molecule has 0 aliphatic carbocycles. The van der Waals surface area contributed by atoms with Crippen LogP contribution >= 0.6 is 0 Å². The van der Waals surface area contributed by atoms with Gasteiger partial charge in [-0.25, -0.2) is 9.97 Å². The summed E-state index contributed by atoms with van der Waals surface area (Å²) >= 11 is 0. The third-order valence-electron chi connectivity index (χ3n) is 6.03. The normalized spacial score (nSPS) is 15.5. The number of hydrogen-bond acceptors (Lipinski definition) is 6. The van der Waals surface area contributed by atoms with E-state index in [1.165, 1.54) is 0 Å². The molecule has 1 saturated heterocycles. The van der Waals surface area contributed by atoms with E-state index in [1.54, 1.807) is 26.6 Å². The highest BCUT2D eigenvalue weighted by molar-refractivity contribution is 5.80. The van der Waals surface area contributed by atoms with Crippen LogP contribution in [0.1, 0.15) is 49.3 Å². The van der Waals surface area contributed by atoms with E-state index in [0.29, 0.717) is 17.9 Å². The fraction of sp³-hybridized carbons (Fsp3) is 0.385. The van der Waals surface area contributed by atoms with Crippen LogP contribution in [0.25, 0.3) is 11.1 Å². The lowest BCUT2D eigenvalue weighted by Gasteiger charge is -2.26. The average Bonchev–Trinajstić information content (AvgIpc) is 3.35. The molecule has 3 heterocycles. The zero-order chi connectivity index (χ0) is 23.2. The zero-order valence-corrected chi connectivity index (χ0v) is 19.5. The van der Waals surface area contributed by atoms with Crippen molar-refractivity contribution < 1.29 is 14.3 Å². The number of rotatable bonds is 8. The largest absolute Gasteiger partial charge is 0.493 e. The molecule has 172 valence electrons. The van der Waals surface area contributed by atoms with Gasteiger partial charge in [-0.1, -0.05) is 13.0 Å². The lowest BCUT2D eigenvalue weighted by atomic mass is 10.00. The fourth-order valence-electron chi connectivity index (χ4n) is 4.40. The van der Waals surface area contributed by atoms with E-state index >= 15 is 0 Å². The third-order valence-corrected chi connectivity index (χ3v) is 6.03. The number of pyridine rings is 1. The van der Waals surface area contributed by atoms with Crippen molar-refractivity contribution in [3.63, 3.8) is 0 Å². The van der Waals surface area contributed by atoms with Crippen molar-refractivity contribution in [1.29, 1.82) is 0 Å². The number of aromatic nitrogens is 3. The van der Waals surface area contributed by atoms with Gasteiger partial charge in [0.25, 0.3) is 0 Å². The van der Waals surface area contributed by atoms with Gasteiger partial charge in [0.1, 0.15) is 5.82 Å². The van der Waals surface area contributed by atoms with Crippen molar-refractivity contribution in [2.24, 2.45) is 0 Å². The molecule has 1 amide bonds. The minimum Gasteiger partial charge on any atom is -0.493 e. The molecular weight excluding hydrogens is 416 g/mol. The number of ether oxygens (including phenoxy) is 2. The molecule has 1 aliphatic rings. The first-order chi connectivity index (χ1) is 16.1. The monoisotopic (exact) mass is 446 g/mol. The van der Waals surface area contributed by atoms with Gasteiger partial charge in [0.15, 0.2) is 11.5 Å². The molecule has 0 radical (unpaired) electrons. The molecular formula is C26H30N4O3. The molecule has 33 heavy (non-hydrogen) atoms. The van der Waals surface area contributed by atoms with Crippen molar-refractivity contribution in [1.82, 2.24) is 19.9 Å². The van der Waals surface area contributed by atoms with E-state index in [0.717, 1.165) is 60.4 Å². The van der Waals surface area contributed by atoms with Crippen molar-refractivity contribution in [3.05, 3.63) is 66.0 Å². The van der Waals surface area contributed by atoms with E-state index in [2.05, 4.69) is 16.9 Å². The molecule has 7 heteroatoms. The predicted octanol–water partition coefficient (Wildman–Crippen LogP) is 4.41. The summed E-state index contributed by atoms with van der Waals surface area (Å²) < 4.78 is 10.7. The lowest BCUT2D eigenvalue weighted by Crippen LogP contribution is -2.32. The van der Waals surface area contributed by atoms with E-state index in [1.807, 2.05) is 41.4 Å². The second kappa shape index (κ2) is 10.4. The number of methoxy groups -OCH3 is 2. The number of hydrogen-bond donors (Lipinski definition) is 0. The van der Waals surface area contributed by atoms with Crippen molar-refractivity contribution in [2.75, 3.05) is 20.8 Å². The summed E-state index contributed by atoms with van der Waals surface area (Å²) in [5.74, 6) is 2.19. The lowest BCUT2D eigenvalue weighted by molar-refractivity contribution is -0.131. The van der Waals surface area contributed by atoms with Gasteiger partial charge in [0, 0.05) is 37.1 Å². The van der Waals surface area contributed by atoms with Crippen LogP contribution in [0.2, 0.25) is 0 Å². The maximum atomic E-state index is 13.4. The fourth-order valence-corrected chi connectivity index (χ4v) is 4.40. The summed E-state index contributed by atoms with van der Waals surface area (Å²) in [6.45, 7) is 2.84. The summed E-state index contributed by atoms with van der Waals surface area (Å²) in [5, 5.41) is 0. The van der Waals surface area contributed by atoms with Crippen molar-refractivity contribution in [2.45, 2.75) is 45.1 Å². The smallest absolute Gasteiger partial charge is 0.227 e. The highest BCUT2D eigenvalue weighted by atomic mass is 16.5. The Balaban J connectivity index is 1.64. The molecule has 0 saturated carbocycles. The van der Waals surface area contributed by atoms with Crippen LogP contribution in [-0.2, 0) is 17.6 Å². The van der Waals surface area contributed by atoms with E-state index in [-0.39, 0.29) is 11.9 Å². The maximum Gasteiger partial charge on any atom is 0.227 e. The third kappa shape index (κ3) is 4.97. The Kier molecular flexibility index (Phi) is 7.17. The molecule has 1 aliphatic heterocycles. The van der Waals surface area contributed by atoms with Gasteiger partial charge >= 0.3 is 0 Å². The number of nitrogens with zero attached hydrogens (tertiary/aromatic N) is 4. The SMILES string of the molecule is CCCc1ncc(-c2ccncc2)c([C@@H]2CCCN2C(=O)Cc2ccc(OC)c(OC)c2)n1. The minimum absolute atomic E-state index is 0.0700. The molecule has 4 rings (SSSR count). The highest BCUT2D eigenvalue weighted by Gasteiger charge is 2.33. The molecule has 0 unspecified atom stereocenters. The summed E-state index contributed by atoms with van der Waals surface area (Å²) in [7, 11) is 3.20. The Morgan fingerprint density at radius 3 is 2.64 bits per heavy atom. The van der Waals surface area contributed by atoms with Gasteiger partial charge in [-0.3, -0.25) is 9.78 Å². The van der Waals surface area contributed by atoms with Crippen LogP contribution in [-0.4, -0.2) is 46.5 Å². The predicted molar refractivity (Wildman–Crippen MR) is 126 cm³/mol. The Bertz CT molecular complexity index is 1100. The maximum absolute atomic E-state index is 13.4. The van der Waals surface area contributed by atoms with Crippen molar-refractivity contribution >= 4 is 5.91 Å². The Hall–Kier alpha value is -3.48. The first-order valence-corrected chi connectivity index (χ1v) is 11.4. The van der Waals surface area contributed by atoms with E-state index < -0.39 is 0 Å². The number of carbonyl (C=O) groups is 1. The summed E-state index contributed by atoms with van der Waals surface area (Å²) in [5.41, 5.74) is 3.81. The topological polar surface area (TPSA) is 77.4 Å². The quantitative estimate of drug-likeness (QED) is 0.510. The average molecular weight is 447 g/mol. The van der Waals surface area contributed by atoms with Gasteiger partial charge in [0.05, 0.1) is 32.4 Å². The zero-order valence-electron chi connectivity index (χ0n) is 19.5. The van der Waals surface area contributed by atoms with Gasteiger partial charge in [-0.05, 0) is 54.7 Å². The molecule has 7 nitrogen and oxygen atoms in total. The first-order valence-electron chi connectivity index (χ1n) is 11.4. The Morgan fingerprint density at radius 1 is 1.12 bits per heavy atom. The van der Waals surface area contributed by atoms with Crippen LogP contribution in [0.5, 0.6) is 11.5 Å². The number of benzene rings is 1. The highest BCUT2D eigenvalue weighted by Crippen LogP contribution is 2.37. The molecule has 1 atom stereocenters. The molecule has 0 bridgehead atoms. The van der Waals surface area contributed by atoms with Crippen LogP contribution in [0.3, 0.4) is 0 Å². The first kappa shape index (κ1) is 22.7. The molecule has 3 aromatic rings. The van der Waals surface area contributed by atoms with E-state index in [9.17, 15) is 4.79 Å². The minimum atomic E-state index is -0.0700. The van der Waals surface area contributed by atoms with Gasteiger partial charge in [0.2, 0.25) is 5.91 Å². The second-order valence-electron chi connectivity index (χ2n) is 8.18. The van der Waals surface area contributed by atoms with Gasteiger partial charge in [-0.15, -0.1) is 0 Å². The van der Waals surface area contributed by atoms with E-state index in [4.69, 9.17) is 14.5 Å². The number of amides is 1. The molecule has 0 spiro atoms. The van der Waals surface area contributed by atoms with Crippen LogP contribution in [0, 0.1) is 0 Å². The number of likely N-dealkylation sites (tertiary alicyclic amines) is 1. The van der Waals surface area contributed by atoms with Crippen LogP contribution in [0.4, 0.5) is 0 Å². The van der Waals surface area contributed by atoms with Crippen molar-refractivity contribution in [3.8, 4) is 22.6 Å². The second-order valence-corrected chi connectivity index (χ2v) is 8.18. The van der Waals surface area contributed by atoms with Crippen LogP contribution < -0.4 is 9.47 Å².